The number of rotatable bonds is 0. The second-order valence-corrected chi connectivity index (χ2v) is 2.40. The van der Waals surface area contributed by atoms with Crippen molar-refractivity contribution in [1.82, 2.24) is 0 Å². The molecule has 0 aromatic heterocycles. The molecule has 4 heteroatoms. The van der Waals surface area contributed by atoms with Gasteiger partial charge in [-0.25, -0.2) is 0 Å². The molecule has 0 saturated heterocycles. The summed E-state index contributed by atoms with van der Waals surface area (Å²) >= 11 is 0. The maximum atomic E-state index is 9.10. The average molecular weight is 142 g/mol. The lowest BCUT2D eigenvalue weighted by Gasteiger charge is -2.22. The number of hydrogen-bond donors (Lipinski definition) is 4. The van der Waals surface area contributed by atoms with Crippen molar-refractivity contribution >= 4 is 0 Å². The van der Waals surface area contributed by atoms with Crippen molar-refractivity contribution in [3.63, 3.8) is 0 Å². The Kier molecular flexibility index (Phi) is 1.42. The molecular weight excluding hydrogens is 132 g/mol. The number of aliphatic hydroxyl groups excluding tert-OH is 1. The lowest BCUT2D eigenvalue weighted by Crippen LogP contribution is -2.39. The Hall–Kier alpha value is -1.00. The molecule has 10 heavy (non-hydrogen) atoms. The van der Waals surface area contributed by atoms with Gasteiger partial charge in [0.1, 0.15) is 11.5 Å². The van der Waals surface area contributed by atoms with Crippen molar-refractivity contribution in [1.29, 1.82) is 0 Å². The number of nitrogens with two attached hydrogens (primary N) is 2. The fraction of sp³-hybridized carbons (Fsp3) is 0.333. The molecule has 0 saturated carbocycles. The fourth-order valence-corrected chi connectivity index (χ4v) is 0.759. The van der Waals surface area contributed by atoms with Crippen molar-refractivity contribution in [2.45, 2.75) is 12.1 Å². The summed E-state index contributed by atoms with van der Waals surface area (Å²) < 4.78 is 0. The first-order chi connectivity index (χ1) is 4.51. The normalized spacial score (nSPS) is 33.0. The van der Waals surface area contributed by atoms with Crippen LogP contribution in [-0.4, -0.2) is 15.9 Å². The van der Waals surface area contributed by atoms with Crippen molar-refractivity contribution < 1.29 is 10.2 Å². The van der Waals surface area contributed by atoms with E-state index in [2.05, 4.69) is 0 Å². The summed E-state index contributed by atoms with van der Waals surface area (Å²) in [5, 5.41) is 18.1. The highest BCUT2D eigenvalue weighted by Crippen LogP contribution is 2.18. The van der Waals surface area contributed by atoms with Gasteiger partial charge in [-0.3, -0.25) is 5.73 Å². The van der Waals surface area contributed by atoms with E-state index < -0.39 is 5.72 Å². The zero-order chi connectivity index (χ0) is 7.78. The van der Waals surface area contributed by atoms with Gasteiger partial charge in [0.05, 0.1) is 12.1 Å². The van der Waals surface area contributed by atoms with Crippen molar-refractivity contribution in [2.75, 3.05) is 0 Å². The molecule has 0 bridgehead atoms. The van der Waals surface area contributed by atoms with Crippen LogP contribution in [0.2, 0.25) is 0 Å². The van der Waals surface area contributed by atoms with Crippen molar-refractivity contribution in [2.24, 2.45) is 11.5 Å². The van der Waals surface area contributed by atoms with Crippen LogP contribution in [0.5, 0.6) is 0 Å². The maximum absolute atomic E-state index is 9.10. The minimum atomic E-state index is -1.44. The van der Waals surface area contributed by atoms with Gasteiger partial charge in [0.2, 0.25) is 0 Å². The summed E-state index contributed by atoms with van der Waals surface area (Å²) in [4.78, 5) is 0. The zero-order valence-corrected chi connectivity index (χ0v) is 5.41. The van der Waals surface area contributed by atoms with Gasteiger partial charge in [0, 0.05) is 0 Å². The van der Waals surface area contributed by atoms with E-state index in [-0.39, 0.29) is 17.9 Å². The van der Waals surface area contributed by atoms with Crippen LogP contribution in [0.25, 0.3) is 0 Å². The molecule has 0 spiro atoms. The molecule has 0 heterocycles. The van der Waals surface area contributed by atoms with Crippen molar-refractivity contribution in [3.8, 4) is 0 Å². The topological polar surface area (TPSA) is 92.5 Å². The standard InChI is InChI=1S/C6H10N2O2/c7-4-1-2-6(8,10)3-5(4)9/h1-2,9-10H,3,7-8H2. The lowest BCUT2D eigenvalue weighted by molar-refractivity contribution is 0.0831. The monoisotopic (exact) mass is 142 g/mol. The smallest absolute Gasteiger partial charge is 0.140 e. The first-order valence-electron chi connectivity index (χ1n) is 2.89. The largest absolute Gasteiger partial charge is 0.510 e. The van der Waals surface area contributed by atoms with Gasteiger partial charge in [-0.15, -0.1) is 0 Å². The minimum absolute atomic E-state index is 0.0185. The van der Waals surface area contributed by atoms with Gasteiger partial charge >= 0.3 is 0 Å². The molecule has 0 amide bonds. The summed E-state index contributed by atoms with van der Waals surface area (Å²) in [5.41, 5.74) is 9.35. The predicted molar refractivity (Wildman–Crippen MR) is 36.7 cm³/mol. The van der Waals surface area contributed by atoms with Crippen LogP contribution in [0, 0.1) is 0 Å². The molecule has 0 radical (unpaired) electrons. The average Bonchev–Trinajstić information content (AvgIpc) is 1.79. The SMILES string of the molecule is NC1=C(O)CC(N)(O)C=C1. The Morgan fingerprint density at radius 2 is 2.20 bits per heavy atom. The molecule has 4 nitrogen and oxygen atoms in total. The van der Waals surface area contributed by atoms with Crippen LogP contribution >= 0.6 is 0 Å². The minimum Gasteiger partial charge on any atom is -0.510 e. The van der Waals surface area contributed by atoms with Crippen LogP contribution in [0.3, 0.4) is 0 Å². The van der Waals surface area contributed by atoms with Gasteiger partial charge in [-0.05, 0) is 12.2 Å². The first kappa shape index (κ1) is 7.11. The maximum Gasteiger partial charge on any atom is 0.140 e. The molecule has 1 rings (SSSR count). The van der Waals surface area contributed by atoms with Gasteiger partial charge in [-0.2, -0.15) is 0 Å². The highest BCUT2D eigenvalue weighted by atomic mass is 16.3. The second-order valence-electron chi connectivity index (χ2n) is 2.40. The Balaban J connectivity index is 2.85. The first-order valence-corrected chi connectivity index (χ1v) is 2.89. The van der Waals surface area contributed by atoms with Gasteiger partial charge in [0.25, 0.3) is 0 Å². The molecule has 0 aromatic carbocycles. The number of allylic oxidation sites excluding steroid dienone is 1. The van der Waals surface area contributed by atoms with Gasteiger partial charge in [0.15, 0.2) is 0 Å². The van der Waals surface area contributed by atoms with E-state index in [1.807, 2.05) is 0 Å². The van der Waals surface area contributed by atoms with E-state index >= 15 is 0 Å². The highest BCUT2D eigenvalue weighted by Gasteiger charge is 2.23. The number of hydrogen-bond acceptors (Lipinski definition) is 4. The van der Waals surface area contributed by atoms with E-state index in [4.69, 9.17) is 21.7 Å². The summed E-state index contributed by atoms with van der Waals surface area (Å²) in [7, 11) is 0. The van der Waals surface area contributed by atoms with Crippen LogP contribution in [0.1, 0.15) is 6.42 Å². The molecule has 0 aromatic rings. The van der Waals surface area contributed by atoms with Crippen molar-refractivity contribution in [3.05, 3.63) is 23.6 Å². The van der Waals surface area contributed by atoms with Gasteiger partial charge < -0.3 is 15.9 Å². The highest BCUT2D eigenvalue weighted by molar-refractivity contribution is 5.27. The van der Waals surface area contributed by atoms with Crippen LogP contribution in [0.15, 0.2) is 23.6 Å². The van der Waals surface area contributed by atoms with E-state index in [0.29, 0.717) is 0 Å². The lowest BCUT2D eigenvalue weighted by atomic mass is 10.0. The molecule has 1 atom stereocenters. The molecule has 6 N–H and O–H groups in total. The molecule has 0 fully saturated rings. The van der Waals surface area contributed by atoms with Crippen LogP contribution < -0.4 is 11.5 Å². The Morgan fingerprint density at radius 1 is 1.60 bits per heavy atom. The zero-order valence-electron chi connectivity index (χ0n) is 5.41. The van der Waals surface area contributed by atoms with E-state index in [1.165, 1.54) is 12.2 Å². The van der Waals surface area contributed by atoms with Crippen LogP contribution in [-0.2, 0) is 0 Å². The third-order valence-corrected chi connectivity index (χ3v) is 1.34. The van der Waals surface area contributed by atoms with E-state index in [1.54, 1.807) is 0 Å². The Bertz CT molecular complexity index is 206. The predicted octanol–water partition coefficient (Wildman–Crippen LogP) is -0.678. The third-order valence-electron chi connectivity index (χ3n) is 1.34. The number of aliphatic hydroxyl groups is 2. The molecule has 1 unspecified atom stereocenters. The molecule has 56 valence electrons. The summed E-state index contributed by atoms with van der Waals surface area (Å²) in [6.45, 7) is 0. The molecule has 1 aliphatic rings. The summed E-state index contributed by atoms with van der Waals surface area (Å²) in [6.07, 6.45) is 2.72. The van der Waals surface area contributed by atoms with Crippen LogP contribution in [0.4, 0.5) is 0 Å². The Morgan fingerprint density at radius 3 is 2.60 bits per heavy atom. The summed E-state index contributed by atoms with van der Waals surface area (Å²) in [5.74, 6) is -0.0625. The molecular formula is C6H10N2O2. The van der Waals surface area contributed by atoms with E-state index in [9.17, 15) is 0 Å². The Labute approximate surface area is 58.4 Å². The fourth-order valence-electron chi connectivity index (χ4n) is 0.759. The van der Waals surface area contributed by atoms with Gasteiger partial charge in [-0.1, -0.05) is 0 Å². The summed E-state index contributed by atoms with van der Waals surface area (Å²) in [6, 6.07) is 0. The molecule has 1 aliphatic carbocycles. The van der Waals surface area contributed by atoms with E-state index in [0.717, 1.165) is 0 Å². The molecule has 0 aliphatic heterocycles. The quantitative estimate of drug-likeness (QED) is 0.337. The third kappa shape index (κ3) is 1.29. The second kappa shape index (κ2) is 2.00.